The van der Waals surface area contributed by atoms with E-state index in [0.29, 0.717) is 41.4 Å². The molecule has 4 rings (SSSR count). The van der Waals surface area contributed by atoms with Crippen LogP contribution in [-0.4, -0.2) is 25.8 Å². The molecule has 0 unspecified atom stereocenters. The summed E-state index contributed by atoms with van der Waals surface area (Å²) in [5, 5.41) is 17.7. The molecule has 0 aliphatic rings. The molecule has 180 valence electrons. The Hall–Kier alpha value is -4.24. The van der Waals surface area contributed by atoms with Crippen molar-refractivity contribution in [3.8, 4) is 11.3 Å². The van der Waals surface area contributed by atoms with Crippen LogP contribution in [0, 0.1) is 10.1 Å². The molecule has 9 nitrogen and oxygen atoms in total. The van der Waals surface area contributed by atoms with Gasteiger partial charge in [0.2, 0.25) is 0 Å². The standard InChI is InChI=1S/C26H28N6O3/c1-26(2,3)30-24-23(19-8-5-9-21(13-19)32(34)35)29-22-14-20(10-11-31(22)24)25(33)28-16-18-7-4-6-17(12-18)15-27/h4-14,30H,15-16,27H2,1-3H3,(H,28,33). The molecule has 0 radical (unpaired) electrons. The zero-order chi connectivity index (χ0) is 25.2. The number of nitrogens with zero attached hydrogens (tertiary/aromatic N) is 3. The molecule has 0 atom stereocenters. The summed E-state index contributed by atoms with van der Waals surface area (Å²) in [7, 11) is 0. The first-order valence-corrected chi connectivity index (χ1v) is 11.3. The average molecular weight is 473 g/mol. The lowest BCUT2D eigenvalue weighted by molar-refractivity contribution is -0.384. The fraction of sp³-hybridized carbons (Fsp3) is 0.231. The molecule has 2 aromatic carbocycles. The van der Waals surface area contributed by atoms with Crippen molar-refractivity contribution in [3.05, 3.63) is 93.7 Å². The zero-order valence-corrected chi connectivity index (χ0v) is 19.9. The summed E-state index contributed by atoms with van der Waals surface area (Å²) in [4.78, 5) is 28.5. The summed E-state index contributed by atoms with van der Waals surface area (Å²) in [5.41, 5.74) is 9.56. The van der Waals surface area contributed by atoms with Gasteiger partial charge in [0.15, 0.2) is 0 Å². The van der Waals surface area contributed by atoms with Crippen LogP contribution in [0.2, 0.25) is 0 Å². The van der Waals surface area contributed by atoms with Gasteiger partial charge in [-0.1, -0.05) is 36.4 Å². The van der Waals surface area contributed by atoms with Crippen LogP contribution in [0.3, 0.4) is 0 Å². The third kappa shape index (κ3) is 5.47. The number of carbonyl (C=O) groups is 1. The van der Waals surface area contributed by atoms with Crippen LogP contribution in [0.15, 0.2) is 66.9 Å². The lowest BCUT2D eigenvalue weighted by Crippen LogP contribution is -2.27. The SMILES string of the molecule is CC(C)(C)Nc1c(-c2cccc([N+](=O)[O-])c2)nc2cc(C(=O)NCc3cccc(CN)c3)ccn12. The van der Waals surface area contributed by atoms with Crippen LogP contribution in [0.5, 0.6) is 0 Å². The number of amides is 1. The van der Waals surface area contributed by atoms with Gasteiger partial charge >= 0.3 is 0 Å². The number of aromatic nitrogens is 2. The summed E-state index contributed by atoms with van der Waals surface area (Å²) in [6.07, 6.45) is 1.78. The number of benzene rings is 2. The van der Waals surface area contributed by atoms with Crippen molar-refractivity contribution in [2.45, 2.75) is 39.4 Å². The molecule has 4 N–H and O–H groups in total. The van der Waals surface area contributed by atoms with E-state index in [1.54, 1.807) is 30.5 Å². The van der Waals surface area contributed by atoms with E-state index in [1.165, 1.54) is 12.1 Å². The molecule has 0 aliphatic carbocycles. The van der Waals surface area contributed by atoms with Crippen molar-refractivity contribution < 1.29 is 9.72 Å². The molecule has 4 aromatic rings. The second kappa shape index (κ2) is 9.55. The number of nitro benzene ring substituents is 1. The number of hydrogen-bond donors (Lipinski definition) is 3. The molecule has 0 saturated heterocycles. The molecule has 0 fully saturated rings. The van der Waals surface area contributed by atoms with Crippen molar-refractivity contribution in [3.63, 3.8) is 0 Å². The molecule has 35 heavy (non-hydrogen) atoms. The highest BCUT2D eigenvalue weighted by molar-refractivity contribution is 5.95. The maximum absolute atomic E-state index is 12.9. The molecular formula is C26H28N6O3. The molecule has 0 aliphatic heterocycles. The molecule has 9 heteroatoms. The molecule has 1 amide bonds. The number of nitrogens with one attached hydrogen (secondary N) is 2. The number of rotatable bonds is 7. The zero-order valence-electron chi connectivity index (χ0n) is 19.9. The largest absolute Gasteiger partial charge is 0.365 e. The molecule has 2 aromatic heterocycles. The maximum atomic E-state index is 12.9. The molecular weight excluding hydrogens is 444 g/mol. The Balaban J connectivity index is 1.68. The van der Waals surface area contributed by atoms with Gasteiger partial charge in [0, 0.05) is 48.1 Å². The van der Waals surface area contributed by atoms with Crippen molar-refractivity contribution in [1.82, 2.24) is 14.7 Å². The number of nitrogens with two attached hydrogens (primary N) is 1. The molecule has 0 bridgehead atoms. The number of fused-ring (bicyclic) bond motifs is 1. The van der Waals surface area contributed by atoms with Gasteiger partial charge in [0.25, 0.3) is 11.6 Å². The molecule has 0 saturated carbocycles. The summed E-state index contributed by atoms with van der Waals surface area (Å²) >= 11 is 0. The first-order valence-electron chi connectivity index (χ1n) is 11.3. The highest BCUT2D eigenvalue weighted by Crippen LogP contribution is 2.32. The number of hydrogen-bond acceptors (Lipinski definition) is 6. The number of non-ortho nitro benzene ring substituents is 1. The first kappa shape index (κ1) is 23.9. The van der Waals surface area contributed by atoms with Gasteiger partial charge in [-0.05, 0) is 44.0 Å². The summed E-state index contributed by atoms with van der Waals surface area (Å²) in [5.74, 6) is 0.467. The van der Waals surface area contributed by atoms with Crippen LogP contribution in [-0.2, 0) is 13.1 Å². The fourth-order valence-corrected chi connectivity index (χ4v) is 3.78. The van der Waals surface area contributed by atoms with E-state index in [4.69, 9.17) is 10.7 Å². The fourth-order valence-electron chi connectivity index (χ4n) is 3.78. The quantitative estimate of drug-likeness (QED) is 0.268. The van der Waals surface area contributed by atoms with Crippen LogP contribution in [0.25, 0.3) is 16.9 Å². The van der Waals surface area contributed by atoms with Gasteiger partial charge in [-0.15, -0.1) is 0 Å². The molecule has 2 heterocycles. The van der Waals surface area contributed by atoms with Crippen LogP contribution < -0.4 is 16.4 Å². The summed E-state index contributed by atoms with van der Waals surface area (Å²) in [6.45, 7) is 6.87. The number of nitro groups is 1. The van der Waals surface area contributed by atoms with Gasteiger partial charge in [0.05, 0.1) is 4.92 Å². The maximum Gasteiger partial charge on any atom is 0.270 e. The highest BCUT2D eigenvalue weighted by Gasteiger charge is 2.21. The van der Waals surface area contributed by atoms with Gasteiger partial charge in [-0.25, -0.2) is 4.98 Å². The van der Waals surface area contributed by atoms with Gasteiger partial charge in [-0.3, -0.25) is 19.3 Å². The van der Waals surface area contributed by atoms with Crippen LogP contribution in [0.4, 0.5) is 11.5 Å². The van der Waals surface area contributed by atoms with E-state index in [9.17, 15) is 14.9 Å². The number of imidazole rings is 1. The van der Waals surface area contributed by atoms with E-state index in [-0.39, 0.29) is 17.1 Å². The normalized spacial score (nSPS) is 11.4. The second-order valence-electron chi connectivity index (χ2n) is 9.34. The smallest absolute Gasteiger partial charge is 0.270 e. The Bertz CT molecular complexity index is 1400. The summed E-state index contributed by atoms with van der Waals surface area (Å²) in [6, 6.07) is 17.6. The Morgan fingerprint density at radius 2 is 1.83 bits per heavy atom. The van der Waals surface area contributed by atoms with Gasteiger partial charge in [0.1, 0.15) is 17.2 Å². The van der Waals surface area contributed by atoms with Gasteiger partial charge < -0.3 is 16.4 Å². The van der Waals surface area contributed by atoms with E-state index in [1.807, 2.05) is 49.4 Å². The lowest BCUT2D eigenvalue weighted by Gasteiger charge is -2.22. The Morgan fingerprint density at radius 3 is 2.54 bits per heavy atom. The summed E-state index contributed by atoms with van der Waals surface area (Å²) < 4.78 is 1.85. The number of anilines is 1. The van der Waals surface area contributed by atoms with E-state index in [2.05, 4.69) is 10.6 Å². The highest BCUT2D eigenvalue weighted by atomic mass is 16.6. The molecule has 0 spiro atoms. The minimum atomic E-state index is -0.429. The Morgan fingerprint density at radius 1 is 1.09 bits per heavy atom. The van der Waals surface area contributed by atoms with E-state index < -0.39 is 4.92 Å². The van der Waals surface area contributed by atoms with Gasteiger partial charge in [-0.2, -0.15) is 0 Å². The minimum Gasteiger partial charge on any atom is -0.365 e. The Kier molecular flexibility index (Phi) is 6.52. The van der Waals surface area contributed by atoms with E-state index in [0.717, 1.165) is 11.1 Å². The van der Waals surface area contributed by atoms with Crippen LogP contribution >= 0.6 is 0 Å². The first-order chi connectivity index (χ1) is 16.6. The predicted molar refractivity (Wildman–Crippen MR) is 136 cm³/mol. The predicted octanol–water partition coefficient (Wildman–Crippen LogP) is 4.51. The van der Waals surface area contributed by atoms with Crippen molar-refractivity contribution in [2.24, 2.45) is 5.73 Å². The average Bonchev–Trinajstić information content (AvgIpc) is 3.18. The number of carbonyl (C=O) groups excluding carboxylic acids is 1. The second-order valence-corrected chi connectivity index (χ2v) is 9.34. The van der Waals surface area contributed by atoms with Crippen molar-refractivity contribution in [1.29, 1.82) is 0 Å². The monoisotopic (exact) mass is 472 g/mol. The van der Waals surface area contributed by atoms with Crippen LogP contribution in [0.1, 0.15) is 42.3 Å². The number of pyridine rings is 1. The van der Waals surface area contributed by atoms with Crippen molar-refractivity contribution >= 4 is 23.1 Å². The Labute approximate surface area is 203 Å². The lowest BCUT2D eigenvalue weighted by atomic mass is 10.1. The third-order valence-corrected chi connectivity index (χ3v) is 5.39. The van der Waals surface area contributed by atoms with E-state index >= 15 is 0 Å². The van der Waals surface area contributed by atoms with Crippen molar-refractivity contribution in [2.75, 3.05) is 5.32 Å². The topological polar surface area (TPSA) is 128 Å². The third-order valence-electron chi connectivity index (χ3n) is 5.39. The minimum absolute atomic E-state index is 0.0139.